The highest BCUT2D eigenvalue weighted by molar-refractivity contribution is 7.20. The van der Waals surface area contributed by atoms with Gasteiger partial charge in [-0.1, -0.05) is 36.8 Å². The largest absolute Gasteiger partial charge is 0.494 e. The van der Waals surface area contributed by atoms with Gasteiger partial charge in [-0.3, -0.25) is 4.79 Å². The van der Waals surface area contributed by atoms with Crippen LogP contribution >= 0.6 is 11.3 Å². The van der Waals surface area contributed by atoms with E-state index in [2.05, 4.69) is 11.9 Å². The highest BCUT2D eigenvalue weighted by Gasteiger charge is 2.26. The predicted molar refractivity (Wildman–Crippen MR) is 116 cm³/mol. The summed E-state index contributed by atoms with van der Waals surface area (Å²) in [4.78, 5) is 19.0. The summed E-state index contributed by atoms with van der Waals surface area (Å²) < 4.78 is 26.3. The van der Waals surface area contributed by atoms with Crippen LogP contribution in [0, 0.1) is 5.82 Å². The number of para-hydroxylation sites is 1. The molecule has 3 aromatic rings. The van der Waals surface area contributed by atoms with Crippen molar-refractivity contribution < 1.29 is 18.7 Å². The number of rotatable bonds is 7. The number of benzene rings is 2. The molecule has 0 spiro atoms. The summed E-state index contributed by atoms with van der Waals surface area (Å²) in [5, 5.41) is 0.483. The number of carbonyl (C=O) groups is 1. The molecule has 0 bridgehead atoms. The Morgan fingerprint density at radius 2 is 2.03 bits per heavy atom. The van der Waals surface area contributed by atoms with Gasteiger partial charge in [-0.05, 0) is 36.8 Å². The van der Waals surface area contributed by atoms with E-state index in [1.54, 1.807) is 6.07 Å². The molecule has 1 amide bonds. The minimum absolute atomic E-state index is 0.0106. The molecule has 1 saturated heterocycles. The molecule has 7 heteroatoms. The Kier molecular flexibility index (Phi) is 6.47. The lowest BCUT2D eigenvalue weighted by atomic mass is 10.1. The molecular formula is C23H25FN2O3S. The molecule has 158 valence electrons. The van der Waals surface area contributed by atoms with Crippen molar-refractivity contribution in [3.05, 3.63) is 53.8 Å². The lowest BCUT2D eigenvalue weighted by Gasteiger charge is -2.31. The van der Waals surface area contributed by atoms with Crippen LogP contribution in [0.3, 0.4) is 0 Å². The Balaban J connectivity index is 1.33. The number of hydrogen-bond donors (Lipinski definition) is 0. The second kappa shape index (κ2) is 9.43. The number of thiazole rings is 1. The Hall–Kier alpha value is -2.67. The monoisotopic (exact) mass is 428 g/mol. The van der Waals surface area contributed by atoms with Crippen LogP contribution in [-0.4, -0.2) is 41.6 Å². The van der Waals surface area contributed by atoms with Crippen LogP contribution in [0.15, 0.2) is 42.5 Å². The summed E-state index contributed by atoms with van der Waals surface area (Å²) in [5.74, 6) is 0.409. The zero-order valence-corrected chi connectivity index (χ0v) is 17.8. The van der Waals surface area contributed by atoms with Crippen molar-refractivity contribution in [1.82, 2.24) is 9.88 Å². The van der Waals surface area contributed by atoms with Crippen LogP contribution < -0.4 is 9.47 Å². The summed E-state index contributed by atoms with van der Waals surface area (Å²) in [6.07, 6.45) is 3.48. The van der Waals surface area contributed by atoms with Crippen LogP contribution in [0.25, 0.3) is 10.2 Å². The van der Waals surface area contributed by atoms with E-state index in [0.29, 0.717) is 36.0 Å². The van der Waals surface area contributed by atoms with Crippen molar-refractivity contribution in [2.24, 2.45) is 0 Å². The number of hydrogen-bond acceptors (Lipinski definition) is 5. The van der Waals surface area contributed by atoms with Crippen LogP contribution in [-0.2, 0) is 0 Å². The highest BCUT2D eigenvalue weighted by Crippen LogP contribution is 2.31. The molecule has 0 aliphatic carbocycles. The van der Waals surface area contributed by atoms with Crippen molar-refractivity contribution >= 4 is 27.5 Å². The maximum atomic E-state index is 13.8. The Bertz CT molecular complexity index is 1010. The van der Waals surface area contributed by atoms with Crippen molar-refractivity contribution in [3.8, 4) is 10.9 Å². The van der Waals surface area contributed by atoms with Crippen molar-refractivity contribution in [2.45, 2.75) is 38.7 Å². The number of halogens is 1. The second-order valence-corrected chi connectivity index (χ2v) is 8.40. The molecule has 0 atom stereocenters. The molecule has 30 heavy (non-hydrogen) atoms. The summed E-state index contributed by atoms with van der Waals surface area (Å²) in [7, 11) is 0. The lowest BCUT2D eigenvalue weighted by Crippen LogP contribution is -2.41. The van der Waals surface area contributed by atoms with E-state index in [4.69, 9.17) is 9.47 Å². The predicted octanol–water partition coefficient (Wildman–Crippen LogP) is 5.30. The number of nitrogens with zero attached hydrogens (tertiary/aromatic N) is 2. The molecule has 2 heterocycles. The maximum absolute atomic E-state index is 13.8. The number of aromatic nitrogens is 1. The molecule has 1 fully saturated rings. The van der Waals surface area contributed by atoms with Gasteiger partial charge in [0, 0.05) is 31.5 Å². The first-order valence-electron chi connectivity index (χ1n) is 10.4. The van der Waals surface area contributed by atoms with Crippen LogP contribution in [0.1, 0.15) is 43.0 Å². The smallest absolute Gasteiger partial charge is 0.274 e. The molecule has 0 radical (unpaired) electrons. The zero-order chi connectivity index (χ0) is 20.9. The molecule has 0 saturated carbocycles. The molecule has 1 aliphatic heterocycles. The number of amides is 1. The first kappa shape index (κ1) is 20.6. The van der Waals surface area contributed by atoms with Gasteiger partial charge in [0.05, 0.1) is 11.3 Å². The van der Waals surface area contributed by atoms with Crippen LogP contribution in [0.4, 0.5) is 4.39 Å². The van der Waals surface area contributed by atoms with E-state index < -0.39 is 0 Å². The van der Waals surface area contributed by atoms with Crippen molar-refractivity contribution in [1.29, 1.82) is 0 Å². The SMILES string of the molecule is CCCCOc1cccc(C(=O)N2CCC(Oc3nc4c(F)cccc4s3)CC2)c1. The van der Waals surface area contributed by atoms with E-state index in [0.717, 1.165) is 36.1 Å². The third-order valence-corrected chi connectivity index (χ3v) is 6.11. The van der Waals surface area contributed by atoms with E-state index in [1.807, 2.05) is 35.2 Å². The van der Waals surface area contributed by atoms with Gasteiger partial charge in [-0.25, -0.2) is 4.39 Å². The fourth-order valence-electron chi connectivity index (χ4n) is 3.50. The number of ether oxygens (including phenoxy) is 2. The Labute approximate surface area is 179 Å². The average molecular weight is 429 g/mol. The molecule has 1 aromatic heterocycles. The normalized spacial score (nSPS) is 14.8. The topological polar surface area (TPSA) is 51.7 Å². The van der Waals surface area contributed by atoms with E-state index in [9.17, 15) is 9.18 Å². The van der Waals surface area contributed by atoms with Gasteiger partial charge in [0.1, 0.15) is 23.2 Å². The van der Waals surface area contributed by atoms with Crippen molar-refractivity contribution in [3.63, 3.8) is 0 Å². The number of fused-ring (bicyclic) bond motifs is 1. The molecule has 1 aliphatic rings. The standard InChI is InChI=1S/C23H25FN2O3S/c1-2-3-14-28-18-7-4-6-16(15-18)22(27)26-12-10-17(11-13-26)29-23-25-21-19(24)8-5-9-20(21)30-23/h4-9,15,17H,2-3,10-14H2,1H3. The zero-order valence-electron chi connectivity index (χ0n) is 17.0. The van der Waals surface area contributed by atoms with E-state index >= 15 is 0 Å². The quantitative estimate of drug-likeness (QED) is 0.479. The molecular weight excluding hydrogens is 403 g/mol. The average Bonchev–Trinajstić information content (AvgIpc) is 3.18. The fraction of sp³-hybridized carbons (Fsp3) is 0.391. The van der Waals surface area contributed by atoms with Gasteiger partial charge in [-0.15, -0.1) is 0 Å². The van der Waals surface area contributed by atoms with Gasteiger partial charge < -0.3 is 14.4 Å². The number of carbonyl (C=O) groups excluding carboxylic acids is 1. The third-order valence-electron chi connectivity index (χ3n) is 5.19. The highest BCUT2D eigenvalue weighted by atomic mass is 32.1. The molecule has 4 rings (SSSR count). The fourth-order valence-corrected chi connectivity index (χ4v) is 4.40. The van der Waals surface area contributed by atoms with E-state index in [-0.39, 0.29) is 17.8 Å². The lowest BCUT2D eigenvalue weighted by molar-refractivity contribution is 0.0595. The first-order valence-corrected chi connectivity index (χ1v) is 11.2. The van der Waals surface area contributed by atoms with Crippen LogP contribution in [0.2, 0.25) is 0 Å². The summed E-state index contributed by atoms with van der Waals surface area (Å²) in [5.41, 5.74) is 0.996. The first-order chi connectivity index (χ1) is 14.6. The molecule has 0 N–H and O–H groups in total. The minimum atomic E-state index is -0.333. The summed E-state index contributed by atoms with van der Waals surface area (Å²) >= 11 is 1.35. The van der Waals surface area contributed by atoms with Gasteiger partial charge in [0.25, 0.3) is 11.1 Å². The van der Waals surface area contributed by atoms with Gasteiger partial charge >= 0.3 is 0 Å². The molecule has 2 aromatic carbocycles. The van der Waals surface area contributed by atoms with Crippen molar-refractivity contribution in [2.75, 3.05) is 19.7 Å². The van der Waals surface area contributed by atoms with Crippen LogP contribution in [0.5, 0.6) is 10.9 Å². The van der Waals surface area contributed by atoms with Gasteiger partial charge in [0.15, 0.2) is 0 Å². The maximum Gasteiger partial charge on any atom is 0.274 e. The summed E-state index contributed by atoms with van der Waals surface area (Å²) in [6.45, 7) is 4.01. The second-order valence-electron chi connectivity index (χ2n) is 7.41. The number of likely N-dealkylation sites (tertiary alicyclic amines) is 1. The number of piperidine rings is 1. The summed E-state index contributed by atoms with van der Waals surface area (Å²) in [6, 6.07) is 12.3. The van der Waals surface area contributed by atoms with Gasteiger partial charge in [0.2, 0.25) is 0 Å². The minimum Gasteiger partial charge on any atom is -0.494 e. The molecule has 0 unspecified atom stereocenters. The Morgan fingerprint density at radius 3 is 2.80 bits per heavy atom. The van der Waals surface area contributed by atoms with Gasteiger partial charge in [-0.2, -0.15) is 4.98 Å². The Morgan fingerprint density at radius 1 is 1.23 bits per heavy atom. The van der Waals surface area contributed by atoms with E-state index in [1.165, 1.54) is 17.4 Å². The number of unbranched alkanes of at least 4 members (excludes halogenated alkanes) is 1. The molecule has 5 nitrogen and oxygen atoms in total. The third kappa shape index (κ3) is 4.73.